The molecule has 3 aliphatic rings. The van der Waals surface area contributed by atoms with Gasteiger partial charge in [0.05, 0.1) is 11.6 Å². The van der Waals surface area contributed by atoms with Crippen molar-refractivity contribution in [2.45, 2.75) is 49.7 Å². The molecule has 3 aliphatic heterocycles. The standard InChI is InChI=1S/C25H41N6/c1-30(2)21(9-8-18-31-16-6-3-7-17-31)19-29-25(24-20-26-14-15-28-24)12-13-27-23-11-5-4-10-22(23)25/h4-5,10-13,21,24,26-27,29H,3,6-9,14-20H2,1-2H3. The molecule has 0 bridgehead atoms. The van der Waals surface area contributed by atoms with E-state index in [-0.39, 0.29) is 11.6 Å². The van der Waals surface area contributed by atoms with Crippen LogP contribution >= 0.6 is 0 Å². The summed E-state index contributed by atoms with van der Waals surface area (Å²) in [7, 11) is 4.44. The van der Waals surface area contributed by atoms with Crippen LogP contribution in [0.5, 0.6) is 0 Å². The van der Waals surface area contributed by atoms with E-state index in [2.05, 4.69) is 76.4 Å². The molecule has 0 aliphatic carbocycles. The third-order valence-electron chi connectivity index (χ3n) is 7.28. The maximum atomic E-state index is 5.05. The Kier molecular flexibility index (Phi) is 8.02. The third-order valence-corrected chi connectivity index (χ3v) is 7.28. The van der Waals surface area contributed by atoms with Crippen LogP contribution in [-0.4, -0.2) is 81.8 Å². The Balaban J connectivity index is 1.44. The Bertz CT molecular complexity index is 708. The molecule has 2 saturated heterocycles. The van der Waals surface area contributed by atoms with Crippen molar-refractivity contribution in [3.05, 3.63) is 42.1 Å². The quantitative estimate of drug-likeness (QED) is 0.566. The van der Waals surface area contributed by atoms with Crippen LogP contribution < -0.4 is 21.3 Å². The van der Waals surface area contributed by atoms with Gasteiger partial charge in [-0.2, -0.15) is 0 Å². The number of likely N-dealkylation sites (N-methyl/N-ethyl adjacent to an activating group) is 1. The van der Waals surface area contributed by atoms with Gasteiger partial charge in [0.2, 0.25) is 0 Å². The van der Waals surface area contributed by atoms with Crippen molar-refractivity contribution in [1.82, 2.24) is 25.8 Å². The van der Waals surface area contributed by atoms with Gasteiger partial charge in [0.15, 0.2) is 0 Å². The van der Waals surface area contributed by atoms with Gasteiger partial charge in [-0.25, -0.2) is 5.32 Å². The van der Waals surface area contributed by atoms with Gasteiger partial charge in [0.1, 0.15) is 0 Å². The summed E-state index contributed by atoms with van der Waals surface area (Å²) in [6, 6.07) is 9.38. The van der Waals surface area contributed by atoms with Crippen molar-refractivity contribution in [1.29, 1.82) is 0 Å². The Labute approximate surface area is 188 Å². The van der Waals surface area contributed by atoms with Crippen LogP contribution in [0.2, 0.25) is 0 Å². The van der Waals surface area contributed by atoms with Crippen molar-refractivity contribution < 1.29 is 0 Å². The highest BCUT2D eigenvalue weighted by Gasteiger charge is 2.42. The maximum absolute atomic E-state index is 5.05. The van der Waals surface area contributed by atoms with E-state index in [1.165, 1.54) is 63.0 Å². The topological polar surface area (TPSA) is 56.7 Å². The van der Waals surface area contributed by atoms with Gasteiger partial charge in [0, 0.05) is 43.5 Å². The van der Waals surface area contributed by atoms with Crippen LogP contribution in [0.15, 0.2) is 36.5 Å². The highest BCUT2D eigenvalue weighted by Crippen LogP contribution is 2.36. The molecule has 6 heteroatoms. The number of benzene rings is 1. The van der Waals surface area contributed by atoms with Gasteiger partial charge in [0.25, 0.3) is 0 Å². The van der Waals surface area contributed by atoms with Gasteiger partial charge in [-0.3, -0.25) is 0 Å². The third kappa shape index (κ3) is 5.49. The number of hydrogen-bond acceptors (Lipinski definition) is 5. The molecule has 1 aromatic carbocycles. The number of likely N-dealkylation sites (tertiary alicyclic amines) is 1. The number of hydrogen-bond donors (Lipinski definition) is 3. The van der Waals surface area contributed by atoms with Crippen LogP contribution in [0.25, 0.3) is 0 Å². The minimum absolute atomic E-state index is 0.192. The minimum atomic E-state index is -0.267. The fourth-order valence-electron chi connectivity index (χ4n) is 5.36. The monoisotopic (exact) mass is 425 g/mol. The van der Waals surface area contributed by atoms with Crippen LogP contribution in [0, 0.1) is 0 Å². The summed E-state index contributed by atoms with van der Waals surface area (Å²) in [5, 5.41) is 16.1. The number of anilines is 1. The molecule has 3 N–H and O–H groups in total. The van der Waals surface area contributed by atoms with Crippen molar-refractivity contribution >= 4 is 5.69 Å². The molecule has 171 valence electrons. The van der Waals surface area contributed by atoms with E-state index in [0.717, 1.165) is 26.2 Å². The number of nitrogens with one attached hydrogen (secondary N) is 3. The largest absolute Gasteiger partial charge is 0.362 e. The number of rotatable bonds is 9. The first-order chi connectivity index (χ1) is 15.2. The van der Waals surface area contributed by atoms with Crippen molar-refractivity contribution in [2.24, 2.45) is 0 Å². The molecule has 2 fully saturated rings. The van der Waals surface area contributed by atoms with E-state index in [1.807, 2.05) is 0 Å². The average Bonchev–Trinajstić information content (AvgIpc) is 2.82. The van der Waals surface area contributed by atoms with E-state index < -0.39 is 0 Å². The van der Waals surface area contributed by atoms with Gasteiger partial charge in [-0.1, -0.05) is 24.6 Å². The van der Waals surface area contributed by atoms with Crippen molar-refractivity contribution in [3.8, 4) is 0 Å². The van der Waals surface area contributed by atoms with Crippen LogP contribution in [0.3, 0.4) is 0 Å². The fraction of sp³-hybridized carbons (Fsp3) is 0.680. The summed E-state index contributed by atoms with van der Waals surface area (Å²) >= 11 is 0. The summed E-state index contributed by atoms with van der Waals surface area (Å²) in [5.41, 5.74) is 2.22. The van der Waals surface area contributed by atoms with Crippen LogP contribution in [0.1, 0.15) is 37.7 Å². The second-order valence-electron chi connectivity index (χ2n) is 9.56. The SMILES string of the molecule is CN(C)C(CCCN1CCCCC1)CNC1(C2CNCC[N]2)C=CNc2ccccc21. The smallest absolute Gasteiger partial charge is 0.0842 e. The van der Waals surface area contributed by atoms with Gasteiger partial charge < -0.3 is 25.8 Å². The average molecular weight is 426 g/mol. The Hall–Kier alpha value is -1.44. The summed E-state index contributed by atoms with van der Waals surface area (Å²) in [5.74, 6) is 0. The van der Waals surface area contributed by atoms with E-state index in [4.69, 9.17) is 5.32 Å². The second kappa shape index (κ2) is 10.9. The number of piperidine rings is 1. The molecule has 31 heavy (non-hydrogen) atoms. The molecule has 0 spiro atoms. The molecule has 6 nitrogen and oxygen atoms in total. The van der Waals surface area contributed by atoms with E-state index in [9.17, 15) is 0 Å². The molecule has 3 unspecified atom stereocenters. The number of fused-ring (bicyclic) bond motifs is 1. The fourth-order valence-corrected chi connectivity index (χ4v) is 5.36. The summed E-state index contributed by atoms with van der Waals surface area (Å²) in [6.45, 7) is 7.55. The predicted octanol–water partition coefficient (Wildman–Crippen LogP) is 2.18. The van der Waals surface area contributed by atoms with Gasteiger partial charge in [-0.05, 0) is 77.8 Å². The Morgan fingerprint density at radius 3 is 2.84 bits per heavy atom. The first kappa shape index (κ1) is 22.7. The summed E-state index contributed by atoms with van der Waals surface area (Å²) in [6.07, 6.45) is 11.0. The molecule has 4 rings (SSSR count). The predicted molar refractivity (Wildman–Crippen MR) is 130 cm³/mol. The lowest BCUT2D eigenvalue weighted by atomic mass is 9.79. The lowest BCUT2D eigenvalue weighted by Gasteiger charge is -2.45. The Morgan fingerprint density at radius 1 is 1.23 bits per heavy atom. The number of nitrogens with zero attached hydrogens (tertiary/aromatic N) is 3. The second-order valence-corrected chi connectivity index (χ2v) is 9.56. The first-order valence-electron chi connectivity index (χ1n) is 12.2. The van der Waals surface area contributed by atoms with Crippen LogP contribution in [-0.2, 0) is 5.54 Å². The highest BCUT2D eigenvalue weighted by atomic mass is 15.2. The first-order valence-corrected chi connectivity index (χ1v) is 12.2. The van der Waals surface area contributed by atoms with E-state index >= 15 is 0 Å². The van der Waals surface area contributed by atoms with Gasteiger partial charge >= 0.3 is 0 Å². The molecule has 3 atom stereocenters. The molecule has 0 saturated carbocycles. The zero-order valence-electron chi connectivity index (χ0n) is 19.4. The maximum Gasteiger partial charge on any atom is 0.0842 e. The minimum Gasteiger partial charge on any atom is -0.362 e. The number of para-hydroxylation sites is 1. The molecular weight excluding hydrogens is 384 g/mol. The zero-order chi connectivity index (χ0) is 21.5. The van der Waals surface area contributed by atoms with Crippen LogP contribution in [0.4, 0.5) is 5.69 Å². The molecular formula is C25H41N6. The lowest BCUT2D eigenvalue weighted by molar-refractivity contribution is 0.190. The van der Waals surface area contributed by atoms with Gasteiger partial charge in [-0.15, -0.1) is 0 Å². The van der Waals surface area contributed by atoms with Crippen molar-refractivity contribution in [2.75, 3.05) is 65.2 Å². The summed E-state index contributed by atoms with van der Waals surface area (Å²) < 4.78 is 0. The normalized spacial score (nSPS) is 27.6. The zero-order valence-corrected chi connectivity index (χ0v) is 19.4. The lowest BCUT2D eigenvalue weighted by Crippen LogP contribution is -2.62. The van der Waals surface area contributed by atoms with E-state index in [0.29, 0.717) is 6.04 Å². The molecule has 3 heterocycles. The molecule has 0 amide bonds. The Morgan fingerprint density at radius 2 is 2.06 bits per heavy atom. The molecule has 0 aromatic heterocycles. The van der Waals surface area contributed by atoms with Crippen molar-refractivity contribution in [3.63, 3.8) is 0 Å². The molecule has 1 radical (unpaired) electrons. The number of piperazine rings is 1. The summed E-state index contributed by atoms with van der Waals surface area (Å²) in [4.78, 5) is 5.05. The highest BCUT2D eigenvalue weighted by molar-refractivity contribution is 5.61. The van der Waals surface area contributed by atoms with E-state index in [1.54, 1.807) is 0 Å². The molecule has 1 aromatic rings.